The zero-order chi connectivity index (χ0) is 9.26. The largest absolute Gasteiger partial charge is 0.398 e. The number of hydrogen-bond acceptors (Lipinski definition) is 1. The number of aryl methyl sites for hydroxylation is 1. The normalized spacial score (nSPS) is 9.79. The van der Waals surface area contributed by atoms with Crippen LogP contribution in [0.3, 0.4) is 0 Å². The fraction of sp³-hybridized carbons (Fsp3) is 0.167. The smallest absolute Gasteiger partial charge is 0.0426 e. The van der Waals surface area contributed by atoms with Gasteiger partial charge in [0.15, 0.2) is 0 Å². The lowest BCUT2D eigenvalue weighted by atomic mass is 10.0. The Morgan fingerprint density at radius 1 is 1.07 bits per heavy atom. The van der Waals surface area contributed by atoms with Crippen LogP contribution < -0.4 is 5.73 Å². The van der Waals surface area contributed by atoms with Gasteiger partial charge < -0.3 is 5.73 Å². The molecule has 74 valence electrons. The van der Waals surface area contributed by atoms with Gasteiger partial charge in [-0.2, -0.15) is 0 Å². The third-order valence-corrected chi connectivity index (χ3v) is 2.44. The Kier molecular flexibility index (Phi) is 3.37. The van der Waals surface area contributed by atoms with Crippen molar-refractivity contribution in [2.24, 2.45) is 0 Å². The number of benzene rings is 2. The van der Waals surface area contributed by atoms with Gasteiger partial charge in [-0.25, -0.2) is 0 Å². The van der Waals surface area contributed by atoms with Gasteiger partial charge in [0.2, 0.25) is 0 Å². The van der Waals surface area contributed by atoms with Crippen molar-refractivity contribution in [2.75, 3.05) is 5.73 Å². The summed E-state index contributed by atoms with van der Waals surface area (Å²) in [7, 11) is 0. The fourth-order valence-corrected chi connectivity index (χ4v) is 1.65. The summed E-state index contributed by atoms with van der Waals surface area (Å²) in [4.78, 5) is 0. The minimum atomic E-state index is 0. The Bertz CT molecular complexity index is 437. The molecule has 2 aromatic rings. The summed E-state index contributed by atoms with van der Waals surface area (Å²) in [5.74, 6) is 0. The molecule has 0 aromatic heterocycles. The maximum atomic E-state index is 6.03. The fourth-order valence-electron chi connectivity index (χ4n) is 1.65. The molecule has 0 saturated carbocycles. The number of hydrogen-bond donors (Lipinski definition) is 1. The molecule has 0 spiro atoms. The molecule has 0 heterocycles. The summed E-state index contributed by atoms with van der Waals surface area (Å²) in [5, 5.41) is 2.39. The lowest BCUT2D eigenvalue weighted by Crippen LogP contribution is -1.93. The second kappa shape index (κ2) is 4.34. The van der Waals surface area contributed by atoms with Crippen LogP contribution in [0.1, 0.15) is 12.5 Å². The first-order chi connectivity index (χ1) is 6.33. The van der Waals surface area contributed by atoms with E-state index in [1.165, 1.54) is 16.3 Å². The van der Waals surface area contributed by atoms with Gasteiger partial charge >= 0.3 is 0 Å². The summed E-state index contributed by atoms with van der Waals surface area (Å²) in [6, 6.07) is 12.5. The Balaban J connectivity index is 0.000000980. The molecule has 2 N–H and O–H groups in total. The van der Waals surface area contributed by atoms with Gasteiger partial charge in [-0.1, -0.05) is 43.3 Å². The maximum Gasteiger partial charge on any atom is 0.0426 e. The van der Waals surface area contributed by atoms with Crippen LogP contribution in [0.25, 0.3) is 10.8 Å². The van der Waals surface area contributed by atoms with Gasteiger partial charge in [0.1, 0.15) is 0 Å². The first-order valence-electron chi connectivity index (χ1n) is 4.59. The first kappa shape index (κ1) is 10.9. The number of anilines is 1. The van der Waals surface area contributed by atoms with Crippen molar-refractivity contribution in [3.63, 3.8) is 0 Å². The lowest BCUT2D eigenvalue weighted by molar-refractivity contribution is 1.15. The number of fused-ring (bicyclic) bond motifs is 1. The van der Waals surface area contributed by atoms with Crippen LogP contribution in [0.4, 0.5) is 5.69 Å². The highest BCUT2D eigenvalue weighted by molar-refractivity contribution is 5.94. The molecule has 0 unspecified atom stereocenters. The zero-order valence-electron chi connectivity index (χ0n) is 8.16. The molecule has 1 nitrogen and oxygen atoms in total. The predicted octanol–water partition coefficient (Wildman–Crippen LogP) is 3.41. The molecule has 0 aliphatic rings. The lowest BCUT2D eigenvalue weighted by Gasteiger charge is -2.06. The Labute approximate surface area is 90.3 Å². The number of rotatable bonds is 1. The SMILES string of the molecule is CCc1ccc2ccccc2c1N.Cl. The molecule has 14 heavy (non-hydrogen) atoms. The Hall–Kier alpha value is -1.21. The van der Waals surface area contributed by atoms with Gasteiger partial charge in [-0.15, -0.1) is 12.4 Å². The summed E-state index contributed by atoms with van der Waals surface area (Å²) in [6.45, 7) is 2.13. The highest BCUT2D eigenvalue weighted by Crippen LogP contribution is 2.24. The summed E-state index contributed by atoms with van der Waals surface area (Å²) < 4.78 is 0. The molecule has 2 rings (SSSR count). The summed E-state index contributed by atoms with van der Waals surface area (Å²) >= 11 is 0. The van der Waals surface area contributed by atoms with Crippen molar-refractivity contribution in [1.29, 1.82) is 0 Å². The molecule has 0 fully saturated rings. The molecule has 0 aliphatic heterocycles. The molecule has 0 aliphatic carbocycles. The van der Waals surface area contributed by atoms with Crippen LogP contribution in [0.5, 0.6) is 0 Å². The van der Waals surface area contributed by atoms with Gasteiger partial charge in [0.25, 0.3) is 0 Å². The van der Waals surface area contributed by atoms with Crippen LogP contribution in [-0.2, 0) is 6.42 Å². The van der Waals surface area contributed by atoms with Crippen molar-refractivity contribution >= 4 is 28.9 Å². The number of nitrogens with two attached hydrogens (primary N) is 1. The maximum absolute atomic E-state index is 6.03. The van der Waals surface area contributed by atoms with Gasteiger partial charge in [-0.3, -0.25) is 0 Å². The van der Waals surface area contributed by atoms with E-state index < -0.39 is 0 Å². The highest BCUT2D eigenvalue weighted by Gasteiger charge is 2.00. The van der Waals surface area contributed by atoms with Gasteiger partial charge in [0, 0.05) is 11.1 Å². The van der Waals surface area contributed by atoms with Crippen molar-refractivity contribution in [1.82, 2.24) is 0 Å². The number of halogens is 1. The minimum Gasteiger partial charge on any atom is -0.398 e. The quantitative estimate of drug-likeness (QED) is 0.713. The molecule has 0 amide bonds. The molecule has 0 atom stereocenters. The van der Waals surface area contributed by atoms with E-state index in [9.17, 15) is 0 Å². The van der Waals surface area contributed by atoms with E-state index in [1.54, 1.807) is 0 Å². The Morgan fingerprint density at radius 3 is 2.50 bits per heavy atom. The van der Waals surface area contributed by atoms with Gasteiger partial charge in [0.05, 0.1) is 0 Å². The Morgan fingerprint density at radius 2 is 1.79 bits per heavy atom. The van der Waals surface area contributed by atoms with E-state index in [1.807, 2.05) is 12.1 Å². The third-order valence-electron chi connectivity index (χ3n) is 2.44. The van der Waals surface area contributed by atoms with Crippen molar-refractivity contribution in [2.45, 2.75) is 13.3 Å². The van der Waals surface area contributed by atoms with E-state index in [2.05, 4.69) is 31.2 Å². The van der Waals surface area contributed by atoms with Gasteiger partial charge in [-0.05, 0) is 17.4 Å². The first-order valence-corrected chi connectivity index (χ1v) is 4.59. The van der Waals surface area contributed by atoms with E-state index in [4.69, 9.17) is 5.73 Å². The van der Waals surface area contributed by atoms with Crippen molar-refractivity contribution in [3.05, 3.63) is 42.0 Å². The van der Waals surface area contributed by atoms with Crippen molar-refractivity contribution < 1.29 is 0 Å². The highest BCUT2D eigenvalue weighted by atomic mass is 35.5. The van der Waals surface area contributed by atoms with Crippen LogP contribution in [0.2, 0.25) is 0 Å². The molecule has 0 saturated heterocycles. The molecule has 2 aromatic carbocycles. The predicted molar refractivity (Wildman–Crippen MR) is 65.0 cm³/mol. The van der Waals surface area contributed by atoms with Crippen LogP contribution in [0, 0.1) is 0 Å². The zero-order valence-corrected chi connectivity index (χ0v) is 8.97. The molecule has 2 heteroatoms. The molecular formula is C12H14ClN. The van der Waals surface area contributed by atoms with Crippen LogP contribution in [-0.4, -0.2) is 0 Å². The summed E-state index contributed by atoms with van der Waals surface area (Å²) in [6.07, 6.45) is 0.997. The minimum absolute atomic E-state index is 0. The molecule has 0 bridgehead atoms. The second-order valence-electron chi connectivity index (χ2n) is 3.21. The topological polar surface area (TPSA) is 26.0 Å². The van der Waals surface area contributed by atoms with Crippen LogP contribution >= 0.6 is 12.4 Å². The van der Waals surface area contributed by atoms with E-state index in [0.29, 0.717) is 0 Å². The van der Waals surface area contributed by atoms with E-state index in [0.717, 1.165) is 12.1 Å². The van der Waals surface area contributed by atoms with E-state index >= 15 is 0 Å². The van der Waals surface area contributed by atoms with Crippen LogP contribution in [0.15, 0.2) is 36.4 Å². The average molecular weight is 208 g/mol. The molecule has 0 radical (unpaired) electrons. The monoisotopic (exact) mass is 207 g/mol. The summed E-state index contributed by atoms with van der Waals surface area (Å²) in [5.41, 5.74) is 8.20. The van der Waals surface area contributed by atoms with E-state index in [-0.39, 0.29) is 12.4 Å². The molecular weight excluding hydrogens is 194 g/mol. The van der Waals surface area contributed by atoms with Crippen molar-refractivity contribution in [3.8, 4) is 0 Å². The standard InChI is InChI=1S/C12H13N.ClH/c1-2-9-7-8-10-5-3-4-6-11(10)12(9)13;/h3-8H,2,13H2,1H3;1H. The third kappa shape index (κ3) is 1.68. The number of nitrogen functional groups attached to an aromatic ring is 1. The average Bonchev–Trinajstić information content (AvgIpc) is 2.19. The second-order valence-corrected chi connectivity index (χ2v) is 3.21.